The Balaban J connectivity index is 2.42. The van der Waals surface area contributed by atoms with Crippen molar-refractivity contribution in [2.24, 2.45) is 0 Å². The average Bonchev–Trinajstić information content (AvgIpc) is 2.56. The van der Waals surface area contributed by atoms with E-state index >= 15 is 0 Å². The van der Waals surface area contributed by atoms with E-state index in [4.69, 9.17) is 5.11 Å². The fraction of sp³-hybridized carbons (Fsp3) is 0.111. The van der Waals surface area contributed by atoms with Crippen molar-refractivity contribution in [3.63, 3.8) is 0 Å². The second kappa shape index (κ2) is 7.79. The number of carboxylic acid groups (broad SMARTS) is 1. The average molecular weight is 310 g/mol. The van der Waals surface area contributed by atoms with Gasteiger partial charge in [0, 0.05) is 6.54 Å². The van der Waals surface area contributed by atoms with Crippen molar-refractivity contribution in [2.75, 3.05) is 18.0 Å². The lowest BCUT2D eigenvalue weighted by Crippen LogP contribution is -2.43. The van der Waals surface area contributed by atoms with Gasteiger partial charge >= 0.3 is 12.0 Å². The van der Waals surface area contributed by atoms with E-state index in [9.17, 15) is 9.59 Å². The largest absolute Gasteiger partial charge is 0.480 e. The molecule has 0 aliphatic heterocycles. The third-order valence-corrected chi connectivity index (χ3v) is 3.17. The Hall–Kier alpha value is -3.08. The van der Waals surface area contributed by atoms with Crippen molar-refractivity contribution in [1.82, 2.24) is 4.90 Å². The zero-order chi connectivity index (χ0) is 16.7. The van der Waals surface area contributed by atoms with Crippen molar-refractivity contribution in [2.45, 2.75) is 0 Å². The number of amides is 2. The second-order valence-electron chi connectivity index (χ2n) is 4.85. The Morgan fingerprint density at radius 2 is 1.43 bits per heavy atom. The Morgan fingerprint density at radius 3 is 1.83 bits per heavy atom. The van der Waals surface area contributed by atoms with Crippen LogP contribution in [0.5, 0.6) is 0 Å². The maximum atomic E-state index is 12.9. The van der Waals surface area contributed by atoms with Gasteiger partial charge in [-0.2, -0.15) is 0 Å². The molecule has 0 aliphatic rings. The molecule has 0 aromatic heterocycles. The minimum Gasteiger partial charge on any atom is -0.480 e. The number of hydrogen-bond donors (Lipinski definition) is 1. The number of carbonyl (C=O) groups is 2. The molecule has 0 fully saturated rings. The van der Waals surface area contributed by atoms with Gasteiger partial charge in [0.1, 0.15) is 6.54 Å². The van der Waals surface area contributed by atoms with E-state index in [1.165, 1.54) is 15.9 Å². The molecule has 0 atom stereocenters. The number of para-hydroxylation sites is 2. The van der Waals surface area contributed by atoms with Crippen molar-refractivity contribution in [3.05, 3.63) is 73.3 Å². The smallest absolute Gasteiger partial charge is 0.329 e. The standard InChI is InChI=1S/C18H18N2O3/c1-2-13-19(14-17(21)22)18(23)20(15-9-5-3-6-10-15)16-11-7-4-8-12-16/h2-12H,1,13-14H2,(H,21,22). The van der Waals surface area contributed by atoms with Crippen LogP contribution in [0, 0.1) is 0 Å². The molecule has 0 aliphatic carbocycles. The minimum atomic E-state index is -1.07. The van der Waals surface area contributed by atoms with E-state index in [1.54, 1.807) is 24.3 Å². The monoisotopic (exact) mass is 310 g/mol. The molecule has 0 radical (unpaired) electrons. The molecule has 2 aromatic carbocycles. The lowest BCUT2D eigenvalue weighted by Gasteiger charge is -2.29. The van der Waals surface area contributed by atoms with E-state index in [-0.39, 0.29) is 13.1 Å². The number of anilines is 2. The van der Waals surface area contributed by atoms with Crippen LogP contribution in [0.25, 0.3) is 0 Å². The molecule has 5 heteroatoms. The highest BCUT2D eigenvalue weighted by Crippen LogP contribution is 2.26. The topological polar surface area (TPSA) is 60.9 Å². The molecule has 0 unspecified atom stereocenters. The predicted octanol–water partition coefficient (Wildman–Crippen LogP) is 3.52. The Bertz CT molecular complexity index is 632. The molecule has 0 bridgehead atoms. The third kappa shape index (κ3) is 4.20. The quantitative estimate of drug-likeness (QED) is 0.830. The predicted molar refractivity (Wildman–Crippen MR) is 89.8 cm³/mol. The summed E-state index contributed by atoms with van der Waals surface area (Å²) >= 11 is 0. The van der Waals surface area contributed by atoms with Crippen LogP contribution in [0.4, 0.5) is 16.2 Å². The molecule has 5 nitrogen and oxygen atoms in total. The van der Waals surface area contributed by atoms with E-state index in [2.05, 4.69) is 6.58 Å². The van der Waals surface area contributed by atoms with Gasteiger partial charge in [0.25, 0.3) is 0 Å². The molecule has 1 N–H and O–H groups in total. The molecule has 118 valence electrons. The molecular formula is C18H18N2O3. The molecule has 0 saturated carbocycles. The minimum absolute atomic E-state index is 0.154. The third-order valence-electron chi connectivity index (χ3n) is 3.17. The fourth-order valence-corrected chi connectivity index (χ4v) is 2.19. The van der Waals surface area contributed by atoms with Crippen LogP contribution >= 0.6 is 0 Å². The highest BCUT2D eigenvalue weighted by Gasteiger charge is 2.24. The van der Waals surface area contributed by atoms with Gasteiger partial charge < -0.3 is 10.0 Å². The van der Waals surface area contributed by atoms with E-state index in [1.807, 2.05) is 36.4 Å². The van der Waals surface area contributed by atoms with Crippen molar-refractivity contribution in [3.8, 4) is 0 Å². The SMILES string of the molecule is C=CCN(CC(=O)O)C(=O)N(c1ccccc1)c1ccccc1. The first-order valence-electron chi connectivity index (χ1n) is 7.15. The van der Waals surface area contributed by atoms with Crippen molar-refractivity contribution < 1.29 is 14.7 Å². The Kier molecular flexibility index (Phi) is 5.52. The highest BCUT2D eigenvalue weighted by molar-refractivity contribution is 6.00. The molecule has 2 aromatic rings. The summed E-state index contributed by atoms with van der Waals surface area (Å²) in [6, 6.07) is 17.8. The number of rotatable bonds is 6. The fourth-order valence-electron chi connectivity index (χ4n) is 2.19. The van der Waals surface area contributed by atoms with Crippen LogP contribution in [-0.4, -0.2) is 35.1 Å². The van der Waals surface area contributed by atoms with Gasteiger partial charge in [0.05, 0.1) is 11.4 Å². The van der Waals surface area contributed by atoms with Crippen LogP contribution in [0.15, 0.2) is 73.3 Å². The number of aliphatic carboxylic acids is 1. The summed E-state index contributed by atoms with van der Waals surface area (Å²) in [7, 11) is 0. The van der Waals surface area contributed by atoms with Crippen molar-refractivity contribution >= 4 is 23.4 Å². The molecular weight excluding hydrogens is 292 g/mol. The summed E-state index contributed by atoms with van der Waals surface area (Å²) in [6.07, 6.45) is 1.51. The summed E-state index contributed by atoms with van der Waals surface area (Å²) in [5.74, 6) is -1.07. The van der Waals surface area contributed by atoms with Gasteiger partial charge in [-0.25, -0.2) is 4.79 Å². The number of carbonyl (C=O) groups excluding carboxylic acids is 1. The van der Waals surface area contributed by atoms with E-state index in [0.717, 1.165) is 0 Å². The maximum Gasteiger partial charge on any atom is 0.329 e. The van der Waals surface area contributed by atoms with Crippen LogP contribution < -0.4 is 4.90 Å². The van der Waals surface area contributed by atoms with Gasteiger partial charge in [-0.05, 0) is 24.3 Å². The van der Waals surface area contributed by atoms with Gasteiger partial charge in [0.2, 0.25) is 0 Å². The van der Waals surface area contributed by atoms with E-state index < -0.39 is 12.0 Å². The van der Waals surface area contributed by atoms with Gasteiger partial charge in [-0.1, -0.05) is 42.5 Å². The van der Waals surface area contributed by atoms with Crippen molar-refractivity contribution in [1.29, 1.82) is 0 Å². The van der Waals surface area contributed by atoms with Crippen LogP contribution in [0.2, 0.25) is 0 Å². The first kappa shape index (κ1) is 16.3. The first-order valence-corrected chi connectivity index (χ1v) is 7.15. The summed E-state index contributed by atoms with van der Waals surface area (Å²) in [5.41, 5.74) is 1.34. The van der Waals surface area contributed by atoms with Gasteiger partial charge in [-0.15, -0.1) is 6.58 Å². The molecule has 0 saturated heterocycles. The molecule has 0 heterocycles. The number of benzene rings is 2. The van der Waals surface area contributed by atoms with E-state index in [0.29, 0.717) is 11.4 Å². The lowest BCUT2D eigenvalue weighted by molar-refractivity contribution is -0.137. The summed E-state index contributed by atoms with van der Waals surface area (Å²) < 4.78 is 0. The number of carboxylic acids is 1. The number of urea groups is 1. The highest BCUT2D eigenvalue weighted by atomic mass is 16.4. The first-order chi connectivity index (χ1) is 11.1. The summed E-state index contributed by atoms with van der Waals surface area (Å²) in [4.78, 5) is 26.7. The Labute approximate surface area is 135 Å². The van der Waals surface area contributed by atoms with Crippen LogP contribution in [0.1, 0.15) is 0 Å². The van der Waals surface area contributed by atoms with Crippen LogP contribution in [-0.2, 0) is 4.79 Å². The lowest BCUT2D eigenvalue weighted by atomic mass is 10.2. The molecule has 2 amide bonds. The normalized spacial score (nSPS) is 9.91. The zero-order valence-electron chi connectivity index (χ0n) is 12.6. The second-order valence-corrected chi connectivity index (χ2v) is 4.85. The van der Waals surface area contributed by atoms with Gasteiger partial charge in [-0.3, -0.25) is 9.69 Å². The molecule has 23 heavy (non-hydrogen) atoms. The molecule has 2 rings (SSSR count). The number of nitrogens with zero attached hydrogens (tertiary/aromatic N) is 2. The molecule has 0 spiro atoms. The summed E-state index contributed by atoms with van der Waals surface area (Å²) in [5, 5.41) is 9.04. The van der Waals surface area contributed by atoms with Crippen LogP contribution in [0.3, 0.4) is 0 Å². The maximum absolute atomic E-state index is 12.9. The zero-order valence-corrected chi connectivity index (χ0v) is 12.6. The Morgan fingerprint density at radius 1 is 0.957 bits per heavy atom. The number of hydrogen-bond acceptors (Lipinski definition) is 2. The summed E-state index contributed by atoms with van der Waals surface area (Å²) in [6.45, 7) is 3.36. The van der Waals surface area contributed by atoms with Gasteiger partial charge in [0.15, 0.2) is 0 Å².